The topological polar surface area (TPSA) is 15.3 Å². The molecular weight excluding hydrogens is 160 g/mol. The zero-order chi connectivity index (χ0) is 10.7. The van der Waals surface area contributed by atoms with Gasteiger partial charge in [0.2, 0.25) is 0 Å². The quantitative estimate of drug-likeness (QED) is 0.679. The van der Waals surface area contributed by atoms with Crippen molar-refractivity contribution in [1.29, 1.82) is 0 Å². The van der Waals surface area contributed by atoms with Gasteiger partial charge in [-0.2, -0.15) is 0 Å². The van der Waals surface area contributed by atoms with Crippen LogP contribution in [0, 0.1) is 0 Å². The van der Waals surface area contributed by atoms with Gasteiger partial charge >= 0.3 is 0 Å². The molecular formula is C11H28N2. The number of hydrogen-bond donors (Lipinski definition) is 1. The van der Waals surface area contributed by atoms with Gasteiger partial charge in [0.1, 0.15) is 0 Å². The van der Waals surface area contributed by atoms with Crippen molar-refractivity contribution in [3.8, 4) is 0 Å². The number of nitrogens with one attached hydrogen (secondary N) is 1. The summed E-state index contributed by atoms with van der Waals surface area (Å²) in [5.41, 5.74) is 0. The highest BCUT2D eigenvalue weighted by atomic mass is 15.1. The lowest BCUT2D eigenvalue weighted by atomic mass is 10.4. The van der Waals surface area contributed by atoms with Gasteiger partial charge in [0, 0.05) is 6.04 Å². The summed E-state index contributed by atoms with van der Waals surface area (Å²) in [6, 6.07) is 0.685. The van der Waals surface area contributed by atoms with Gasteiger partial charge in [-0.25, -0.2) is 0 Å². The van der Waals surface area contributed by atoms with Crippen molar-refractivity contribution in [2.75, 3.05) is 27.2 Å². The Kier molecular flexibility index (Phi) is 14.1. The highest BCUT2D eigenvalue weighted by Gasteiger charge is 1.93. The van der Waals surface area contributed by atoms with Crippen LogP contribution < -0.4 is 5.32 Å². The maximum atomic E-state index is 3.22. The summed E-state index contributed by atoms with van der Waals surface area (Å²) >= 11 is 0. The van der Waals surface area contributed by atoms with Crippen molar-refractivity contribution in [3.63, 3.8) is 0 Å². The molecule has 0 amide bonds. The van der Waals surface area contributed by atoms with E-state index in [0.717, 1.165) is 0 Å². The van der Waals surface area contributed by atoms with E-state index < -0.39 is 0 Å². The zero-order valence-electron chi connectivity index (χ0n) is 10.4. The molecule has 0 aromatic rings. The molecule has 1 heterocycles. The highest BCUT2D eigenvalue weighted by molar-refractivity contribution is 4.55. The maximum absolute atomic E-state index is 3.22. The Bertz CT molecular complexity index is 62.5. The minimum Gasteiger partial charge on any atom is -0.317 e. The van der Waals surface area contributed by atoms with Crippen molar-refractivity contribution in [1.82, 2.24) is 10.2 Å². The molecule has 1 saturated heterocycles. The van der Waals surface area contributed by atoms with E-state index in [9.17, 15) is 0 Å². The summed E-state index contributed by atoms with van der Waals surface area (Å²) in [5, 5.41) is 3.22. The first-order valence-corrected chi connectivity index (χ1v) is 5.51. The summed E-state index contributed by atoms with van der Waals surface area (Å²) in [6.07, 6.45) is 2.78. The molecule has 2 nitrogen and oxygen atoms in total. The molecule has 1 N–H and O–H groups in total. The summed E-state index contributed by atoms with van der Waals surface area (Å²) < 4.78 is 0. The number of nitrogens with zero attached hydrogens (tertiary/aromatic N) is 1. The summed E-state index contributed by atoms with van der Waals surface area (Å²) in [7, 11) is 4.15. The molecule has 1 fully saturated rings. The van der Waals surface area contributed by atoms with Crippen molar-refractivity contribution in [3.05, 3.63) is 0 Å². The van der Waals surface area contributed by atoms with Crippen LogP contribution >= 0.6 is 0 Å². The van der Waals surface area contributed by atoms with Gasteiger partial charge in [-0.1, -0.05) is 13.8 Å². The van der Waals surface area contributed by atoms with E-state index >= 15 is 0 Å². The van der Waals surface area contributed by atoms with Crippen LogP contribution in [0.2, 0.25) is 0 Å². The number of hydrogen-bond acceptors (Lipinski definition) is 2. The van der Waals surface area contributed by atoms with Crippen molar-refractivity contribution < 1.29 is 0 Å². The van der Waals surface area contributed by atoms with E-state index in [0.29, 0.717) is 6.04 Å². The lowest BCUT2D eigenvalue weighted by molar-refractivity contribution is 0.335. The fourth-order valence-corrected chi connectivity index (χ4v) is 0.625. The van der Waals surface area contributed by atoms with Crippen LogP contribution in [-0.4, -0.2) is 38.1 Å². The van der Waals surface area contributed by atoms with Crippen LogP contribution in [0.5, 0.6) is 0 Å². The zero-order valence-corrected chi connectivity index (χ0v) is 10.4. The first-order valence-electron chi connectivity index (χ1n) is 5.51. The molecule has 0 unspecified atom stereocenters. The molecule has 13 heavy (non-hydrogen) atoms. The molecule has 1 aliphatic rings. The van der Waals surface area contributed by atoms with Crippen molar-refractivity contribution >= 4 is 0 Å². The predicted octanol–water partition coefficient (Wildman–Crippen LogP) is 2.35. The Balaban J connectivity index is 0. The lowest BCUT2D eigenvalue weighted by Gasteiger charge is -2.12. The molecule has 0 spiro atoms. The van der Waals surface area contributed by atoms with E-state index in [4.69, 9.17) is 0 Å². The SMILES string of the molecule is C1CCNC1.CC.CC(C)N(C)C. The van der Waals surface area contributed by atoms with E-state index in [1.807, 2.05) is 13.8 Å². The fraction of sp³-hybridized carbons (Fsp3) is 1.00. The maximum Gasteiger partial charge on any atom is 0.00324 e. The number of rotatable bonds is 1. The van der Waals surface area contributed by atoms with Crippen LogP contribution in [-0.2, 0) is 0 Å². The Morgan fingerprint density at radius 3 is 1.38 bits per heavy atom. The van der Waals surface area contributed by atoms with E-state index in [-0.39, 0.29) is 0 Å². The molecule has 82 valence electrons. The molecule has 2 heteroatoms. The molecule has 0 bridgehead atoms. The Hall–Kier alpha value is -0.0800. The lowest BCUT2D eigenvalue weighted by Crippen LogP contribution is -2.20. The molecule has 0 aliphatic carbocycles. The van der Waals surface area contributed by atoms with Crippen molar-refractivity contribution in [2.24, 2.45) is 0 Å². The van der Waals surface area contributed by atoms with Gasteiger partial charge in [0.25, 0.3) is 0 Å². The van der Waals surface area contributed by atoms with Crippen molar-refractivity contribution in [2.45, 2.75) is 46.6 Å². The normalized spacial score (nSPS) is 14.8. The van der Waals surface area contributed by atoms with Crippen LogP contribution in [0.4, 0.5) is 0 Å². The fourth-order valence-electron chi connectivity index (χ4n) is 0.625. The average molecular weight is 188 g/mol. The molecule has 0 radical (unpaired) electrons. The van der Waals surface area contributed by atoms with Crippen LogP contribution in [0.1, 0.15) is 40.5 Å². The van der Waals surface area contributed by atoms with Gasteiger partial charge in [-0.05, 0) is 53.9 Å². The third kappa shape index (κ3) is 14.7. The van der Waals surface area contributed by atoms with Gasteiger partial charge in [0.05, 0.1) is 0 Å². The third-order valence-corrected chi connectivity index (χ3v) is 1.99. The average Bonchev–Trinajstić information content (AvgIpc) is 2.64. The van der Waals surface area contributed by atoms with Gasteiger partial charge in [-0.3, -0.25) is 0 Å². The summed E-state index contributed by atoms with van der Waals surface area (Å²) in [6.45, 7) is 10.8. The first kappa shape index (κ1) is 15.4. The van der Waals surface area contributed by atoms with Crippen LogP contribution in [0.15, 0.2) is 0 Å². The minimum atomic E-state index is 0.685. The molecule has 0 aromatic carbocycles. The summed E-state index contributed by atoms with van der Waals surface area (Å²) in [5.74, 6) is 0. The first-order chi connectivity index (χ1) is 6.14. The molecule has 0 saturated carbocycles. The second-order valence-electron chi connectivity index (χ2n) is 3.51. The second-order valence-corrected chi connectivity index (χ2v) is 3.51. The smallest absolute Gasteiger partial charge is 0.00324 e. The molecule has 0 atom stereocenters. The van der Waals surface area contributed by atoms with Crippen LogP contribution in [0.25, 0.3) is 0 Å². The van der Waals surface area contributed by atoms with E-state index in [1.54, 1.807) is 0 Å². The van der Waals surface area contributed by atoms with Gasteiger partial charge < -0.3 is 10.2 Å². The second kappa shape index (κ2) is 11.9. The van der Waals surface area contributed by atoms with Gasteiger partial charge in [-0.15, -0.1) is 0 Å². The van der Waals surface area contributed by atoms with Gasteiger partial charge in [0.15, 0.2) is 0 Å². The van der Waals surface area contributed by atoms with E-state index in [1.165, 1.54) is 25.9 Å². The predicted molar refractivity (Wildman–Crippen MR) is 62.3 cm³/mol. The Morgan fingerprint density at radius 2 is 1.31 bits per heavy atom. The Labute approximate surface area is 84.7 Å². The Morgan fingerprint density at radius 1 is 1.00 bits per heavy atom. The van der Waals surface area contributed by atoms with E-state index in [2.05, 4.69) is 38.2 Å². The molecule has 1 aliphatic heterocycles. The molecule has 1 rings (SSSR count). The largest absolute Gasteiger partial charge is 0.317 e. The summed E-state index contributed by atoms with van der Waals surface area (Å²) in [4.78, 5) is 2.17. The monoisotopic (exact) mass is 188 g/mol. The van der Waals surface area contributed by atoms with Crippen LogP contribution in [0.3, 0.4) is 0 Å². The molecule has 0 aromatic heterocycles. The third-order valence-electron chi connectivity index (χ3n) is 1.99. The standard InChI is InChI=1S/C5H13N.C4H9N.C2H6/c1-5(2)6(3)4;1-2-4-5-3-1;1-2/h5H,1-4H3;5H,1-4H2;1-2H3. The highest BCUT2D eigenvalue weighted by Crippen LogP contribution is 1.90. The minimum absolute atomic E-state index is 0.685.